The minimum atomic E-state index is -0.108. The minimum absolute atomic E-state index is 0.0216. The molecule has 5 N–H and O–H groups in total. The van der Waals surface area contributed by atoms with Crippen molar-refractivity contribution in [3.05, 3.63) is 46.4 Å². The summed E-state index contributed by atoms with van der Waals surface area (Å²) in [7, 11) is 0. The zero-order valence-corrected chi connectivity index (χ0v) is 18.7. The van der Waals surface area contributed by atoms with Crippen molar-refractivity contribution in [2.75, 3.05) is 19.6 Å². The number of likely N-dealkylation sites (N-methyl/N-ethyl adjacent to an activating group) is 1. The summed E-state index contributed by atoms with van der Waals surface area (Å²) in [6.07, 6.45) is 12.6. The summed E-state index contributed by atoms with van der Waals surface area (Å²) in [6, 6.07) is 0.268. The van der Waals surface area contributed by atoms with Gasteiger partial charge in [0.2, 0.25) is 0 Å². The molecule has 0 bridgehead atoms. The lowest BCUT2D eigenvalue weighted by molar-refractivity contribution is 0.0248. The van der Waals surface area contributed by atoms with Gasteiger partial charge in [0, 0.05) is 49.5 Å². The van der Waals surface area contributed by atoms with Crippen LogP contribution in [-0.4, -0.2) is 77.4 Å². The number of nitrogens with one attached hydrogen (secondary N) is 3. The van der Waals surface area contributed by atoms with Gasteiger partial charge in [0.1, 0.15) is 22.3 Å². The second-order valence-corrected chi connectivity index (χ2v) is 8.36. The molecule has 4 rings (SSSR count). The molecule has 0 amide bonds. The van der Waals surface area contributed by atoms with Crippen LogP contribution in [0.3, 0.4) is 0 Å². The van der Waals surface area contributed by atoms with Crippen LogP contribution in [-0.2, 0) is 0 Å². The Morgan fingerprint density at radius 1 is 1.43 bits per heavy atom. The maximum absolute atomic E-state index is 7.80. The quantitative estimate of drug-likeness (QED) is 0.359. The Balaban J connectivity index is 1.57. The van der Waals surface area contributed by atoms with Gasteiger partial charge in [0.05, 0.1) is 18.5 Å². The third-order valence-corrected chi connectivity index (χ3v) is 6.44. The van der Waals surface area contributed by atoms with Crippen molar-refractivity contribution in [2.24, 2.45) is 15.7 Å². The highest BCUT2D eigenvalue weighted by molar-refractivity contribution is 9.11. The second kappa shape index (κ2) is 8.75. The van der Waals surface area contributed by atoms with Crippen LogP contribution in [0.15, 0.2) is 56.4 Å². The molecule has 0 saturated carbocycles. The molecule has 0 spiro atoms. The van der Waals surface area contributed by atoms with Gasteiger partial charge in [-0.05, 0) is 35.5 Å². The molecule has 10 heteroatoms. The molecule has 9 nitrogen and oxygen atoms in total. The summed E-state index contributed by atoms with van der Waals surface area (Å²) in [5.41, 5.74) is 7.66. The average molecular weight is 474 g/mol. The molecular formula is C20H28BrN9. The van der Waals surface area contributed by atoms with Crippen molar-refractivity contribution in [1.82, 2.24) is 25.3 Å². The fourth-order valence-corrected chi connectivity index (χ4v) is 4.85. The van der Waals surface area contributed by atoms with Gasteiger partial charge in [-0.2, -0.15) is 0 Å². The van der Waals surface area contributed by atoms with Crippen LogP contribution in [0.1, 0.15) is 13.8 Å². The van der Waals surface area contributed by atoms with Crippen LogP contribution >= 0.6 is 15.9 Å². The van der Waals surface area contributed by atoms with Gasteiger partial charge < -0.3 is 26.7 Å². The lowest BCUT2D eigenvalue weighted by Crippen LogP contribution is -2.64. The van der Waals surface area contributed by atoms with Crippen LogP contribution in [0.5, 0.6) is 0 Å². The number of hydrogen-bond donors (Lipinski definition) is 4. The number of piperazine rings is 1. The van der Waals surface area contributed by atoms with E-state index in [4.69, 9.17) is 11.1 Å². The largest absolute Gasteiger partial charge is 0.404 e. The van der Waals surface area contributed by atoms with Gasteiger partial charge in [0.15, 0.2) is 6.17 Å². The van der Waals surface area contributed by atoms with Crippen molar-refractivity contribution in [3.8, 4) is 0 Å². The highest BCUT2D eigenvalue weighted by Gasteiger charge is 2.38. The van der Waals surface area contributed by atoms with E-state index in [1.165, 1.54) is 6.21 Å². The third-order valence-electron chi connectivity index (χ3n) is 6.03. The van der Waals surface area contributed by atoms with E-state index in [0.717, 1.165) is 41.3 Å². The first-order valence-electron chi connectivity index (χ1n) is 10.2. The molecule has 4 heterocycles. The molecule has 4 unspecified atom stereocenters. The Morgan fingerprint density at radius 2 is 2.27 bits per heavy atom. The standard InChI is InChI=1S/C20H28BrN9/c1-3-28-6-7-29(13(2)19(28)14(8-22)9-23)17-4-5-24-20(27-17)15-10-26-18-11-25-16(21)12-30(15)18/h4-5,8-13,17-19,22,24,27H,3,6-7,23H2,1-2H3/b14-9+,20-15?,22-8?. The molecular weight excluding hydrogens is 446 g/mol. The number of aliphatic imine (C=N–C) groups is 2. The number of halogens is 1. The molecule has 0 radical (unpaired) electrons. The fraction of sp³-hybridized carbons (Fsp3) is 0.450. The number of rotatable bonds is 4. The monoisotopic (exact) mass is 473 g/mol. The molecule has 1 fully saturated rings. The third kappa shape index (κ3) is 3.70. The summed E-state index contributed by atoms with van der Waals surface area (Å²) >= 11 is 3.45. The Bertz CT molecular complexity index is 872. The van der Waals surface area contributed by atoms with E-state index in [-0.39, 0.29) is 24.4 Å². The molecule has 30 heavy (non-hydrogen) atoms. The Kier molecular flexibility index (Phi) is 6.07. The summed E-state index contributed by atoms with van der Waals surface area (Å²) in [5.74, 6) is 0.906. The Labute approximate surface area is 185 Å². The zero-order chi connectivity index (χ0) is 21.3. The summed E-state index contributed by atoms with van der Waals surface area (Å²) in [5, 5.41) is 14.8. The Morgan fingerprint density at radius 3 is 3.00 bits per heavy atom. The molecule has 160 valence electrons. The molecule has 1 saturated heterocycles. The first kappa shape index (κ1) is 20.8. The van der Waals surface area contributed by atoms with E-state index in [1.807, 2.05) is 24.8 Å². The molecule has 4 aliphatic rings. The van der Waals surface area contributed by atoms with Gasteiger partial charge >= 0.3 is 0 Å². The van der Waals surface area contributed by atoms with Crippen molar-refractivity contribution in [1.29, 1.82) is 5.41 Å². The number of nitrogens with two attached hydrogens (primary N) is 1. The normalized spacial score (nSPS) is 34.4. The number of hydrogen-bond acceptors (Lipinski definition) is 9. The van der Waals surface area contributed by atoms with Crippen molar-refractivity contribution in [3.63, 3.8) is 0 Å². The van der Waals surface area contributed by atoms with Crippen LogP contribution in [0.2, 0.25) is 0 Å². The molecule has 0 aromatic heterocycles. The SMILES string of the molecule is CCN1CCN(C2C=CNC(=C3C=NC4C=NC(Br)=CN34)N2)C(C)C1/C(C=N)=C/N. The van der Waals surface area contributed by atoms with Gasteiger partial charge in [-0.3, -0.25) is 14.8 Å². The van der Waals surface area contributed by atoms with E-state index in [0.29, 0.717) is 0 Å². The number of nitrogens with zero attached hydrogens (tertiary/aromatic N) is 5. The highest BCUT2D eigenvalue weighted by atomic mass is 79.9. The van der Waals surface area contributed by atoms with Crippen LogP contribution in [0.4, 0.5) is 0 Å². The topological polar surface area (TPSA) is 108 Å². The molecule has 4 atom stereocenters. The summed E-state index contributed by atoms with van der Waals surface area (Å²) < 4.78 is 0.769. The number of allylic oxidation sites excluding steroid dienone is 1. The smallest absolute Gasteiger partial charge is 0.161 e. The van der Waals surface area contributed by atoms with Crippen LogP contribution in [0.25, 0.3) is 0 Å². The van der Waals surface area contributed by atoms with Crippen molar-refractivity contribution >= 4 is 34.6 Å². The lowest BCUT2D eigenvalue weighted by atomic mass is 9.95. The van der Waals surface area contributed by atoms with E-state index < -0.39 is 0 Å². The maximum Gasteiger partial charge on any atom is 0.161 e. The maximum atomic E-state index is 7.80. The zero-order valence-electron chi connectivity index (χ0n) is 17.2. The van der Waals surface area contributed by atoms with Crippen LogP contribution < -0.4 is 16.4 Å². The highest BCUT2D eigenvalue weighted by Crippen LogP contribution is 2.27. The van der Waals surface area contributed by atoms with E-state index in [9.17, 15) is 0 Å². The second-order valence-electron chi connectivity index (χ2n) is 7.54. The molecule has 0 aromatic carbocycles. The summed E-state index contributed by atoms with van der Waals surface area (Å²) in [6.45, 7) is 7.13. The molecule has 0 aromatic rings. The summed E-state index contributed by atoms with van der Waals surface area (Å²) in [4.78, 5) is 15.7. The van der Waals surface area contributed by atoms with E-state index in [2.05, 4.69) is 71.2 Å². The predicted molar refractivity (Wildman–Crippen MR) is 124 cm³/mol. The van der Waals surface area contributed by atoms with Crippen molar-refractivity contribution < 1.29 is 0 Å². The first-order chi connectivity index (χ1) is 14.6. The van der Waals surface area contributed by atoms with Crippen LogP contribution in [0, 0.1) is 5.41 Å². The average Bonchev–Trinajstić information content (AvgIpc) is 3.18. The van der Waals surface area contributed by atoms with Gasteiger partial charge in [-0.25, -0.2) is 4.99 Å². The van der Waals surface area contributed by atoms with Crippen molar-refractivity contribution in [2.45, 2.75) is 38.3 Å². The lowest BCUT2D eigenvalue weighted by Gasteiger charge is -2.49. The van der Waals surface area contributed by atoms with Gasteiger partial charge in [-0.1, -0.05) is 6.92 Å². The minimum Gasteiger partial charge on any atom is -0.404 e. The molecule has 4 aliphatic heterocycles. The van der Waals surface area contributed by atoms with Gasteiger partial charge in [0.25, 0.3) is 0 Å². The van der Waals surface area contributed by atoms with Gasteiger partial charge in [-0.15, -0.1) is 0 Å². The first-order valence-corrected chi connectivity index (χ1v) is 11.0. The number of fused-ring (bicyclic) bond motifs is 1. The van der Waals surface area contributed by atoms with E-state index in [1.54, 1.807) is 6.20 Å². The Hall–Kier alpha value is -2.43. The predicted octanol–water partition coefficient (Wildman–Crippen LogP) is 1.07. The van der Waals surface area contributed by atoms with E-state index >= 15 is 0 Å². The fourth-order valence-electron chi connectivity index (χ4n) is 4.51. The molecule has 0 aliphatic carbocycles.